The van der Waals surface area contributed by atoms with Crippen LogP contribution in [0.25, 0.3) is 0 Å². The number of nitrogens with one attached hydrogen (secondary N) is 2. The second-order valence-corrected chi connectivity index (χ2v) is 5.60. The van der Waals surface area contributed by atoms with Crippen molar-refractivity contribution < 1.29 is 14.0 Å². The van der Waals surface area contributed by atoms with Crippen LogP contribution in [0.2, 0.25) is 5.02 Å². The third-order valence-electron chi connectivity index (χ3n) is 2.55. The Morgan fingerprint density at radius 2 is 2.35 bits per heavy atom. The number of carbonyl (C=O) groups excluding carboxylic acids is 2. The molecule has 2 amide bonds. The van der Waals surface area contributed by atoms with E-state index in [4.69, 9.17) is 11.6 Å². The number of anilines is 1. The molecule has 106 valence electrons. The van der Waals surface area contributed by atoms with Gasteiger partial charge in [-0.15, -0.1) is 0 Å². The number of hydrogen-bond donors (Lipinski definition) is 2. The predicted octanol–water partition coefficient (Wildman–Crippen LogP) is 2.03. The summed E-state index contributed by atoms with van der Waals surface area (Å²) in [6.07, 6.45) is 0.0600. The second kappa shape index (κ2) is 6.23. The molecule has 0 radical (unpaired) electrons. The van der Waals surface area contributed by atoms with Gasteiger partial charge >= 0.3 is 0 Å². The van der Waals surface area contributed by atoms with Gasteiger partial charge in [0.2, 0.25) is 11.8 Å². The lowest BCUT2D eigenvalue weighted by Gasteiger charge is -2.21. The Labute approximate surface area is 124 Å². The Kier molecular flexibility index (Phi) is 4.61. The van der Waals surface area contributed by atoms with Crippen molar-refractivity contribution >= 4 is 46.0 Å². The number of amidine groups is 1. The first kappa shape index (κ1) is 14.8. The van der Waals surface area contributed by atoms with Crippen molar-refractivity contribution in [3.63, 3.8) is 0 Å². The van der Waals surface area contributed by atoms with E-state index in [9.17, 15) is 14.0 Å². The summed E-state index contributed by atoms with van der Waals surface area (Å²) < 4.78 is 13.0. The van der Waals surface area contributed by atoms with E-state index in [0.29, 0.717) is 10.9 Å². The van der Waals surface area contributed by atoms with E-state index < -0.39 is 11.1 Å². The van der Waals surface area contributed by atoms with Crippen molar-refractivity contribution in [1.29, 1.82) is 0 Å². The normalized spacial score (nSPS) is 20.6. The van der Waals surface area contributed by atoms with E-state index >= 15 is 0 Å². The van der Waals surface area contributed by atoms with Crippen LogP contribution in [0.3, 0.4) is 0 Å². The van der Waals surface area contributed by atoms with Gasteiger partial charge in [0.15, 0.2) is 5.17 Å². The number of halogens is 2. The van der Waals surface area contributed by atoms with Crippen LogP contribution in [-0.2, 0) is 9.59 Å². The lowest BCUT2D eigenvalue weighted by molar-refractivity contribution is -0.123. The van der Waals surface area contributed by atoms with Crippen LogP contribution < -0.4 is 10.6 Å². The molecule has 0 aliphatic carbocycles. The Bertz CT molecular complexity index is 594. The summed E-state index contributed by atoms with van der Waals surface area (Å²) in [4.78, 5) is 27.4. The fourth-order valence-electron chi connectivity index (χ4n) is 1.60. The second-order valence-electron chi connectivity index (χ2n) is 4.01. The van der Waals surface area contributed by atoms with Gasteiger partial charge in [0, 0.05) is 19.2 Å². The monoisotopic (exact) mass is 315 g/mol. The molecule has 1 atom stereocenters. The maximum atomic E-state index is 13.0. The van der Waals surface area contributed by atoms with Gasteiger partial charge in [-0.25, -0.2) is 4.39 Å². The van der Waals surface area contributed by atoms with E-state index in [-0.39, 0.29) is 23.3 Å². The molecule has 1 heterocycles. The van der Waals surface area contributed by atoms with Crippen LogP contribution in [-0.4, -0.2) is 29.3 Å². The first-order valence-electron chi connectivity index (χ1n) is 5.69. The zero-order chi connectivity index (χ0) is 14.7. The average Bonchev–Trinajstić information content (AvgIpc) is 2.42. The minimum atomic E-state index is -0.578. The Balaban J connectivity index is 2.07. The largest absolute Gasteiger partial charge is 0.325 e. The number of aliphatic imine (C=N–C) groups is 1. The van der Waals surface area contributed by atoms with Gasteiger partial charge in [-0.05, 0) is 18.2 Å². The molecule has 5 nitrogen and oxygen atoms in total. The molecular formula is C12H11ClFN3O2S. The van der Waals surface area contributed by atoms with Gasteiger partial charge in [-0.3, -0.25) is 14.6 Å². The van der Waals surface area contributed by atoms with Gasteiger partial charge in [-0.1, -0.05) is 23.4 Å². The maximum Gasteiger partial charge on any atom is 0.238 e. The van der Waals surface area contributed by atoms with Gasteiger partial charge in [0.1, 0.15) is 11.1 Å². The van der Waals surface area contributed by atoms with Crippen molar-refractivity contribution in [2.45, 2.75) is 11.7 Å². The topological polar surface area (TPSA) is 70.6 Å². The zero-order valence-corrected chi connectivity index (χ0v) is 12.0. The maximum absolute atomic E-state index is 13.0. The first-order valence-corrected chi connectivity index (χ1v) is 6.94. The van der Waals surface area contributed by atoms with Crippen molar-refractivity contribution in [1.82, 2.24) is 5.32 Å². The highest BCUT2D eigenvalue weighted by atomic mass is 35.5. The Hall–Kier alpha value is -1.60. The minimum Gasteiger partial charge on any atom is -0.325 e. The van der Waals surface area contributed by atoms with Gasteiger partial charge < -0.3 is 10.6 Å². The van der Waals surface area contributed by atoms with Crippen molar-refractivity contribution in [2.24, 2.45) is 4.99 Å². The molecule has 8 heteroatoms. The number of benzene rings is 1. The molecule has 0 aromatic heterocycles. The number of amides is 2. The quantitative estimate of drug-likeness (QED) is 0.877. The van der Waals surface area contributed by atoms with Crippen LogP contribution in [0.1, 0.15) is 6.42 Å². The van der Waals surface area contributed by atoms with E-state index in [1.165, 1.54) is 30.9 Å². The molecule has 2 rings (SSSR count). The SMILES string of the molecule is CN=C1NC(=O)CC(C(=O)Nc2ccc(F)c(Cl)c2)S1. The first-order chi connectivity index (χ1) is 9.49. The average molecular weight is 316 g/mol. The highest BCUT2D eigenvalue weighted by Gasteiger charge is 2.29. The van der Waals surface area contributed by atoms with Crippen molar-refractivity contribution in [3.05, 3.63) is 29.0 Å². The van der Waals surface area contributed by atoms with Crippen molar-refractivity contribution in [2.75, 3.05) is 12.4 Å². The van der Waals surface area contributed by atoms with Crippen LogP contribution in [0.15, 0.2) is 23.2 Å². The molecule has 1 fully saturated rings. The summed E-state index contributed by atoms with van der Waals surface area (Å²) in [5.41, 5.74) is 0.378. The fraction of sp³-hybridized carbons (Fsp3) is 0.250. The molecule has 1 saturated heterocycles. The van der Waals surface area contributed by atoms with Crippen LogP contribution in [0.4, 0.5) is 10.1 Å². The lowest BCUT2D eigenvalue weighted by atomic mass is 10.2. The predicted molar refractivity (Wildman–Crippen MR) is 77.5 cm³/mol. The number of thioether (sulfide) groups is 1. The fourth-order valence-corrected chi connectivity index (χ4v) is 2.72. The Morgan fingerprint density at radius 1 is 1.60 bits per heavy atom. The molecule has 1 aromatic carbocycles. The van der Waals surface area contributed by atoms with E-state index in [1.807, 2.05) is 0 Å². The summed E-state index contributed by atoms with van der Waals surface area (Å²) in [5, 5.41) is 4.90. The molecule has 1 aromatic rings. The summed E-state index contributed by atoms with van der Waals surface area (Å²) >= 11 is 6.81. The molecule has 0 spiro atoms. The summed E-state index contributed by atoms with van der Waals surface area (Å²) in [7, 11) is 1.53. The zero-order valence-electron chi connectivity index (χ0n) is 10.4. The van der Waals surface area contributed by atoms with Gasteiger partial charge in [0.05, 0.1) is 5.02 Å². The van der Waals surface area contributed by atoms with Gasteiger partial charge in [0.25, 0.3) is 0 Å². The van der Waals surface area contributed by atoms with Crippen molar-refractivity contribution in [3.8, 4) is 0 Å². The highest BCUT2D eigenvalue weighted by molar-refractivity contribution is 8.15. The van der Waals surface area contributed by atoms with Crippen LogP contribution in [0.5, 0.6) is 0 Å². The summed E-state index contributed by atoms with van der Waals surface area (Å²) in [5.74, 6) is -1.17. The molecule has 1 unspecified atom stereocenters. The number of carbonyl (C=O) groups is 2. The smallest absolute Gasteiger partial charge is 0.238 e. The minimum absolute atomic E-state index is 0.0600. The van der Waals surface area contributed by atoms with E-state index in [0.717, 1.165) is 6.07 Å². The highest BCUT2D eigenvalue weighted by Crippen LogP contribution is 2.24. The molecule has 0 saturated carbocycles. The third-order valence-corrected chi connectivity index (χ3v) is 4.02. The molecule has 0 bridgehead atoms. The van der Waals surface area contributed by atoms with Crippen LogP contribution >= 0.6 is 23.4 Å². The molecular weight excluding hydrogens is 305 g/mol. The molecule has 1 aliphatic rings. The Morgan fingerprint density at radius 3 is 3.00 bits per heavy atom. The van der Waals surface area contributed by atoms with Gasteiger partial charge in [-0.2, -0.15) is 0 Å². The molecule has 2 N–H and O–H groups in total. The molecule has 20 heavy (non-hydrogen) atoms. The molecule has 1 aliphatic heterocycles. The third kappa shape index (κ3) is 3.49. The summed E-state index contributed by atoms with van der Waals surface area (Å²) in [6, 6.07) is 3.89. The van der Waals surface area contributed by atoms with Crippen LogP contribution in [0, 0.1) is 5.82 Å². The number of rotatable bonds is 2. The lowest BCUT2D eigenvalue weighted by Crippen LogP contribution is -2.41. The number of nitrogens with zero attached hydrogens (tertiary/aromatic N) is 1. The summed E-state index contributed by atoms with van der Waals surface area (Å²) in [6.45, 7) is 0. The van der Waals surface area contributed by atoms with E-state index in [2.05, 4.69) is 15.6 Å². The van der Waals surface area contributed by atoms with E-state index in [1.54, 1.807) is 0 Å². The number of hydrogen-bond acceptors (Lipinski definition) is 4. The standard InChI is InChI=1S/C12H11ClFN3O2S/c1-15-12-17-10(18)5-9(20-12)11(19)16-6-2-3-8(14)7(13)4-6/h2-4,9H,5H2,1H3,(H,16,19)(H,15,17,18).